The first-order valence-electron chi connectivity index (χ1n) is 8.66. The fourth-order valence-electron chi connectivity index (χ4n) is 3.83. The normalized spacial score (nSPS) is 24.8. The average Bonchev–Trinajstić information content (AvgIpc) is 2.67. The molecule has 2 aliphatic rings. The van der Waals surface area contributed by atoms with Gasteiger partial charge in [-0.05, 0) is 30.2 Å². The molecule has 0 N–H and O–H groups in total. The Bertz CT molecular complexity index is 756. The highest BCUT2D eigenvalue weighted by Gasteiger charge is 2.42. The van der Waals surface area contributed by atoms with Gasteiger partial charge in [-0.3, -0.25) is 14.5 Å². The lowest BCUT2D eigenvalue weighted by molar-refractivity contribution is -0.137. The summed E-state index contributed by atoms with van der Waals surface area (Å²) in [5, 5.41) is 0.265. The fraction of sp³-hybridized carbons (Fsp3) is 0.556. The number of fused-ring (bicyclic) bond motifs is 1. The Kier molecular flexibility index (Phi) is 5.40. The maximum atomic E-state index is 13.0. The Labute approximate surface area is 160 Å². The maximum Gasteiger partial charge on any atom is 0.416 e. The summed E-state index contributed by atoms with van der Waals surface area (Å²) in [4.78, 5) is 29.8. The molecule has 27 heavy (non-hydrogen) atoms. The Morgan fingerprint density at radius 2 is 1.93 bits per heavy atom. The third-order valence-corrected chi connectivity index (χ3v) is 5.75. The van der Waals surface area contributed by atoms with Crippen molar-refractivity contribution >= 4 is 23.4 Å². The lowest BCUT2D eigenvalue weighted by Gasteiger charge is -2.40. The van der Waals surface area contributed by atoms with E-state index in [4.69, 9.17) is 11.6 Å². The van der Waals surface area contributed by atoms with Crippen LogP contribution in [0.5, 0.6) is 0 Å². The Balaban J connectivity index is 1.79. The zero-order valence-corrected chi connectivity index (χ0v) is 15.8. The van der Waals surface area contributed by atoms with Crippen molar-refractivity contribution in [1.82, 2.24) is 14.7 Å². The molecule has 0 aliphatic carbocycles. The van der Waals surface area contributed by atoms with E-state index in [1.54, 1.807) is 19.0 Å². The van der Waals surface area contributed by atoms with Crippen LogP contribution in [0.2, 0.25) is 5.02 Å². The second-order valence-corrected chi connectivity index (χ2v) is 7.61. The minimum absolute atomic E-state index is 0.0434. The molecule has 2 heterocycles. The zero-order valence-electron chi connectivity index (χ0n) is 15.1. The number of nitrogens with zero attached hydrogens (tertiary/aromatic N) is 3. The molecular formula is C18H21ClF3N3O2. The standard InChI is InChI=1S/C18H21ClF3N3O2/c1-23-10-16(26)24(2)15-5-6-25(9-13(15)17(23)27)8-11-7-12(18(20,21)22)3-4-14(11)19/h3-4,7,13,15H,5-6,8-10H2,1-2H3/t13-,15+/m0/s1. The summed E-state index contributed by atoms with van der Waals surface area (Å²) in [6.07, 6.45) is -3.85. The van der Waals surface area contributed by atoms with E-state index in [0.717, 1.165) is 12.1 Å². The summed E-state index contributed by atoms with van der Waals surface area (Å²) >= 11 is 6.10. The van der Waals surface area contributed by atoms with Crippen LogP contribution in [0.15, 0.2) is 18.2 Å². The third kappa shape index (κ3) is 4.06. The minimum atomic E-state index is -4.44. The van der Waals surface area contributed by atoms with Crippen LogP contribution >= 0.6 is 11.6 Å². The van der Waals surface area contributed by atoms with Crippen LogP contribution in [0.1, 0.15) is 17.5 Å². The average molecular weight is 404 g/mol. The number of amides is 2. The molecule has 148 valence electrons. The smallest absolute Gasteiger partial charge is 0.340 e. The Morgan fingerprint density at radius 3 is 2.59 bits per heavy atom. The summed E-state index contributed by atoms with van der Waals surface area (Å²) in [5.74, 6) is -0.616. The van der Waals surface area contributed by atoms with Crippen molar-refractivity contribution in [3.8, 4) is 0 Å². The summed E-state index contributed by atoms with van der Waals surface area (Å²) in [7, 11) is 3.30. The van der Waals surface area contributed by atoms with Gasteiger partial charge in [-0.1, -0.05) is 11.6 Å². The van der Waals surface area contributed by atoms with Crippen LogP contribution in [-0.4, -0.2) is 66.3 Å². The summed E-state index contributed by atoms with van der Waals surface area (Å²) < 4.78 is 38.9. The van der Waals surface area contributed by atoms with E-state index in [-0.39, 0.29) is 36.0 Å². The highest BCUT2D eigenvalue weighted by Crippen LogP contribution is 2.33. The zero-order chi connectivity index (χ0) is 19.9. The van der Waals surface area contributed by atoms with Gasteiger partial charge in [0.25, 0.3) is 0 Å². The second kappa shape index (κ2) is 7.31. The minimum Gasteiger partial charge on any atom is -0.340 e. The van der Waals surface area contributed by atoms with Crippen LogP contribution in [0.25, 0.3) is 0 Å². The number of alkyl halides is 3. The molecule has 0 radical (unpaired) electrons. The first kappa shape index (κ1) is 19.9. The molecule has 0 saturated carbocycles. The van der Waals surface area contributed by atoms with Gasteiger partial charge >= 0.3 is 6.18 Å². The molecule has 2 fully saturated rings. The van der Waals surface area contributed by atoms with E-state index in [0.29, 0.717) is 25.1 Å². The molecule has 5 nitrogen and oxygen atoms in total. The van der Waals surface area contributed by atoms with E-state index in [1.165, 1.54) is 11.0 Å². The quantitative estimate of drug-likeness (QED) is 0.762. The Morgan fingerprint density at radius 1 is 1.22 bits per heavy atom. The molecule has 0 spiro atoms. The number of benzene rings is 1. The lowest BCUT2D eigenvalue weighted by Crippen LogP contribution is -2.52. The van der Waals surface area contributed by atoms with Gasteiger partial charge in [-0.15, -0.1) is 0 Å². The second-order valence-electron chi connectivity index (χ2n) is 7.20. The number of piperidine rings is 1. The van der Waals surface area contributed by atoms with Gasteiger partial charge in [-0.25, -0.2) is 0 Å². The van der Waals surface area contributed by atoms with E-state index in [9.17, 15) is 22.8 Å². The first-order chi connectivity index (χ1) is 12.6. The number of carbonyl (C=O) groups excluding carboxylic acids is 2. The van der Waals surface area contributed by atoms with Gasteiger partial charge in [0.15, 0.2) is 0 Å². The van der Waals surface area contributed by atoms with Crippen LogP contribution < -0.4 is 0 Å². The predicted molar refractivity (Wildman–Crippen MR) is 94.0 cm³/mol. The van der Waals surface area contributed by atoms with Crippen LogP contribution in [0, 0.1) is 5.92 Å². The molecule has 0 unspecified atom stereocenters. The van der Waals surface area contributed by atoms with Gasteiger partial charge in [0.05, 0.1) is 18.0 Å². The molecule has 2 saturated heterocycles. The van der Waals surface area contributed by atoms with Crippen LogP contribution in [0.3, 0.4) is 0 Å². The summed E-state index contributed by atoms with van der Waals surface area (Å²) in [6.45, 7) is 1.21. The van der Waals surface area contributed by atoms with Crippen molar-refractivity contribution in [1.29, 1.82) is 0 Å². The van der Waals surface area contributed by atoms with E-state index in [1.807, 2.05) is 4.90 Å². The van der Waals surface area contributed by atoms with E-state index >= 15 is 0 Å². The van der Waals surface area contributed by atoms with Crippen LogP contribution in [-0.2, 0) is 22.3 Å². The van der Waals surface area contributed by atoms with Crippen molar-refractivity contribution in [2.24, 2.45) is 5.92 Å². The number of halogens is 4. The molecule has 2 amide bonds. The molecule has 0 aromatic heterocycles. The van der Waals surface area contributed by atoms with Crippen molar-refractivity contribution < 1.29 is 22.8 Å². The number of likely N-dealkylation sites (tertiary alicyclic amines) is 1. The number of hydrogen-bond donors (Lipinski definition) is 0. The largest absolute Gasteiger partial charge is 0.416 e. The lowest BCUT2D eigenvalue weighted by atomic mass is 9.90. The van der Waals surface area contributed by atoms with Gasteiger partial charge in [0, 0.05) is 44.8 Å². The molecular weight excluding hydrogens is 383 g/mol. The van der Waals surface area contributed by atoms with Gasteiger partial charge in [0.1, 0.15) is 0 Å². The highest BCUT2D eigenvalue weighted by atomic mass is 35.5. The van der Waals surface area contributed by atoms with E-state index in [2.05, 4.69) is 0 Å². The number of likely N-dealkylation sites (N-methyl/N-ethyl adjacent to an activating group) is 2. The molecule has 1 aromatic carbocycles. The van der Waals surface area contributed by atoms with Crippen molar-refractivity contribution in [2.45, 2.75) is 25.2 Å². The number of hydrogen-bond acceptors (Lipinski definition) is 3. The topological polar surface area (TPSA) is 43.9 Å². The fourth-order valence-corrected chi connectivity index (χ4v) is 4.01. The summed E-state index contributed by atoms with van der Waals surface area (Å²) in [5.41, 5.74) is -0.365. The molecule has 1 aromatic rings. The van der Waals surface area contributed by atoms with Crippen molar-refractivity contribution in [3.63, 3.8) is 0 Å². The Hall–Kier alpha value is -1.80. The molecule has 2 atom stereocenters. The number of rotatable bonds is 2. The highest BCUT2D eigenvalue weighted by molar-refractivity contribution is 6.31. The number of carbonyl (C=O) groups is 2. The van der Waals surface area contributed by atoms with Gasteiger partial charge in [0.2, 0.25) is 11.8 Å². The van der Waals surface area contributed by atoms with E-state index < -0.39 is 17.7 Å². The molecule has 3 rings (SSSR count). The molecule has 2 aliphatic heterocycles. The monoisotopic (exact) mass is 403 g/mol. The van der Waals surface area contributed by atoms with Crippen molar-refractivity contribution in [3.05, 3.63) is 34.3 Å². The summed E-state index contributed by atoms with van der Waals surface area (Å²) in [6, 6.07) is 3.08. The van der Waals surface area contributed by atoms with Crippen LogP contribution in [0.4, 0.5) is 13.2 Å². The molecule has 0 bridgehead atoms. The predicted octanol–water partition coefficient (Wildman–Crippen LogP) is 2.48. The maximum absolute atomic E-state index is 13.0. The first-order valence-corrected chi connectivity index (χ1v) is 9.04. The molecule has 9 heteroatoms. The SMILES string of the molecule is CN1CC(=O)N(C)[C@@H]2CCN(Cc3cc(C(F)(F)F)ccc3Cl)C[C@@H]2C1=O. The third-order valence-electron chi connectivity index (χ3n) is 5.38. The van der Waals surface area contributed by atoms with Gasteiger partial charge < -0.3 is 9.80 Å². The van der Waals surface area contributed by atoms with Crippen molar-refractivity contribution in [2.75, 3.05) is 33.7 Å². The van der Waals surface area contributed by atoms with Gasteiger partial charge in [-0.2, -0.15) is 13.2 Å².